The van der Waals surface area contributed by atoms with Crippen LogP contribution in [0.3, 0.4) is 0 Å². The number of hydrogen-bond acceptors (Lipinski definition) is 3. The summed E-state index contributed by atoms with van der Waals surface area (Å²) in [7, 11) is 0. The van der Waals surface area contributed by atoms with Gasteiger partial charge in [-0.25, -0.2) is 0 Å². The summed E-state index contributed by atoms with van der Waals surface area (Å²) in [5.41, 5.74) is 0.183. The van der Waals surface area contributed by atoms with Crippen molar-refractivity contribution in [1.29, 1.82) is 0 Å². The molecule has 5 nitrogen and oxygen atoms in total. The molecule has 3 atom stereocenters. The zero-order valence-electron chi connectivity index (χ0n) is 18.7. The van der Waals surface area contributed by atoms with Gasteiger partial charge in [0.15, 0.2) is 5.96 Å². The topological polar surface area (TPSA) is 46.1 Å². The summed E-state index contributed by atoms with van der Waals surface area (Å²) in [6.45, 7) is 11.7. The normalized spacial score (nSPS) is 33.0. The molecule has 0 aromatic carbocycles. The minimum atomic E-state index is 0. The number of rotatable bonds is 5. The second-order valence-corrected chi connectivity index (χ2v) is 10.0. The molecule has 0 aromatic rings. The highest BCUT2D eigenvalue weighted by Crippen LogP contribution is 2.51. The molecule has 2 heterocycles. The predicted molar refractivity (Wildman–Crippen MR) is 129 cm³/mol. The number of fused-ring (bicyclic) bond motifs is 1. The van der Waals surface area contributed by atoms with E-state index in [-0.39, 0.29) is 29.4 Å². The number of guanidine groups is 1. The van der Waals surface area contributed by atoms with Crippen molar-refractivity contribution >= 4 is 29.9 Å². The van der Waals surface area contributed by atoms with Crippen LogP contribution in [0.15, 0.2) is 4.99 Å². The Morgan fingerprint density at radius 2 is 1.83 bits per heavy atom. The van der Waals surface area contributed by atoms with Crippen LogP contribution in [0.1, 0.15) is 72.1 Å². The maximum atomic E-state index is 6.27. The van der Waals surface area contributed by atoms with Crippen LogP contribution in [0.25, 0.3) is 0 Å². The van der Waals surface area contributed by atoms with Crippen LogP contribution < -0.4 is 5.32 Å². The third-order valence-electron chi connectivity index (χ3n) is 7.71. The largest absolute Gasteiger partial charge is 0.378 e. The molecule has 3 unspecified atom stereocenters. The first-order valence-electron chi connectivity index (χ1n) is 11.9. The Balaban J connectivity index is 0.00000240. The Hall–Kier alpha value is -0.0800. The minimum Gasteiger partial charge on any atom is -0.378 e. The van der Waals surface area contributed by atoms with Crippen LogP contribution >= 0.6 is 24.0 Å². The van der Waals surface area contributed by atoms with Crippen molar-refractivity contribution in [3.8, 4) is 0 Å². The molecule has 4 rings (SSSR count). The number of ether oxygens (including phenoxy) is 2. The molecule has 0 bridgehead atoms. The minimum absolute atomic E-state index is 0. The molecule has 168 valence electrons. The van der Waals surface area contributed by atoms with Gasteiger partial charge >= 0.3 is 0 Å². The lowest BCUT2D eigenvalue weighted by Gasteiger charge is -2.60. The highest BCUT2D eigenvalue weighted by atomic mass is 127. The fraction of sp³-hybridized carbons (Fsp3) is 0.957. The molecule has 4 aliphatic rings. The van der Waals surface area contributed by atoms with E-state index in [0.717, 1.165) is 57.6 Å². The van der Waals surface area contributed by atoms with Crippen LogP contribution in [0.2, 0.25) is 0 Å². The fourth-order valence-corrected chi connectivity index (χ4v) is 6.02. The van der Waals surface area contributed by atoms with Gasteiger partial charge in [0.25, 0.3) is 0 Å². The summed E-state index contributed by atoms with van der Waals surface area (Å²) in [6, 6.07) is 0.472. The van der Waals surface area contributed by atoms with Crippen molar-refractivity contribution in [3.63, 3.8) is 0 Å². The van der Waals surface area contributed by atoms with E-state index < -0.39 is 0 Å². The molecule has 2 saturated heterocycles. The smallest absolute Gasteiger partial charge is 0.194 e. The Labute approximate surface area is 194 Å². The quantitative estimate of drug-likeness (QED) is 0.332. The van der Waals surface area contributed by atoms with E-state index in [4.69, 9.17) is 14.5 Å². The van der Waals surface area contributed by atoms with Crippen LogP contribution in [0, 0.1) is 17.3 Å². The van der Waals surface area contributed by atoms with Gasteiger partial charge in [-0.15, -0.1) is 24.0 Å². The summed E-state index contributed by atoms with van der Waals surface area (Å²) in [6.07, 6.45) is 11.1. The van der Waals surface area contributed by atoms with Crippen molar-refractivity contribution in [2.45, 2.75) is 90.4 Å². The summed E-state index contributed by atoms with van der Waals surface area (Å²) in [4.78, 5) is 7.32. The zero-order valence-corrected chi connectivity index (χ0v) is 21.0. The number of aliphatic imine (C=N–C) groups is 1. The number of likely N-dealkylation sites (tertiary alicyclic amines) is 1. The monoisotopic (exact) mass is 519 g/mol. The van der Waals surface area contributed by atoms with Gasteiger partial charge in [-0.1, -0.05) is 26.7 Å². The second kappa shape index (κ2) is 10.5. The summed E-state index contributed by atoms with van der Waals surface area (Å²) >= 11 is 0. The van der Waals surface area contributed by atoms with E-state index in [1.165, 1.54) is 38.5 Å². The summed E-state index contributed by atoms with van der Waals surface area (Å²) in [5, 5.41) is 3.86. The van der Waals surface area contributed by atoms with Gasteiger partial charge in [-0.05, 0) is 51.4 Å². The van der Waals surface area contributed by atoms with Crippen LogP contribution in [0.5, 0.6) is 0 Å². The Morgan fingerprint density at radius 3 is 2.52 bits per heavy atom. The lowest BCUT2D eigenvalue weighted by atomic mass is 9.55. The van der Waals surface area contributed by atoms with Crippen molar-refractivity contribution < 1.29 is 9.47 Å². The SMILES string of the molecule is CCN=C(NC1C2CCCOC2C1(C)C)N1CCC(OCC2CCCC2)CC1.I. The molecule has 2 aliphatic carbocycles. The molecule has 6 heteroatoms. The van der Waals surface area contributed by atoms with E-state index in [1.807, 2.05) is 0 Å². The molecule has 4 fully saturated rings. The van der Waals surface area contributed by atoms with Gasteiger partial charge in [-0.3, -0.25) is 4.99 Å². The van der Waals surface area contributed by atoms with Gasteiger partial charge < -0.3 is 19.7 Å². The average Bonchev–Trinajstić information content (AvgIpc) is 3.23. The highest BCUT2D eigenvalue weighted by Gasteiger charge is 2.58. The van der Waals surface area contributed by atoms with E-state index >= 15 is 0 Å². The molecule has 0 radical (unpaired) electrons. The van der Waals surface area contributed by atoms with E-state index in [1.54, 1.807) is 0 Å². The number of piperidine rings is 1. The van der Waals surface area contributed by atoms with E-state index in [9.17, 15) is 0 Å². The fourth-order valence-electron chi connectivity index (χ4n) is 6.02. The Kier molecular flexibility index (Phi) is 8.53. The summed E-state index contributed by atoms with van der Waals surface area (Å²) < 4.78 is 12.4. The molecule has 2 aliphatic heterocycles. The van der Waals surface area contributed by atoms with Crippen LogP contribution in [-0.4, -0.2) is 62.0 Å². The molecular formula is C23H42IN3O2. The zero-order chi connectivity index (χ0) is 19.6. The van der Waals surface area contributed by atoms with Gasteiger partial charge in [0, 0.05) is 50.2 Å². The first kappa shape index (κ1) is 23.6. The predicted octanol–water partition coefficient (Wildman–Crippen LogP) is 4.44. The second-order valence-electron chi connectivity index (χ2n) is 10.0. The molecule has 29 heavy (non-hydrogen) atoms. The number of nitrogens with zero attached hydrogens (tertiary/aromatic N) is 2. The maximum Gasteiger partial charge on any atom is 0.194 e. The Morgan fingerprint density at radius 1 is 1.10 bits per heavy atom. The third-order valence-corrected chi connectivity index (χ3v) is 7.71. The van der Waals surface area contributed by atoms with Crippen molar-refractivity contribution in [3.05, 3.63) is 0 Å². The van der Waals surface area contributed by atoms with E-state index in [0.29, 0.717) is 24.2 Å². The van der Waals surface area contributed by atoms with Crippen molar-refractivity contribution in [2.24, 2.45) is 22.2 Å². The highest BCUT2D eigenvalue weighted by molar-refractivity contribution is 14.0. The standard InChI is InChI=1S/C23H41N3O2.HI/c1-4-24-22(25-20-19-10-7-15-27-21(19)23(20,2)3)26-13-11-18(12-14-26)28-16-17-8-5-6-9-17;/h17-21H,4-16H2,1-3H3,(H,24,25);1H. The van der Waals surface area contributed by atoms with Gasteiger partial charge in [0.05, 0.1) is 12.2 Å². The van der Waals surface area contributed by atoms with Crippen molar-refractivity contribution in [2.75, 3.05) is 32.8 Å². The van der Waals surface area contributed by atoms with Gasteiger partial charge in [0.2, 0.25) is 0 Å². The summed E-state index contributed by atoms with van der Waals surface area (Å²) in [5.74, 6) is 2.57. The lowest BCUT2D eigenvalue weighted by molar-refractivity contribution is -0.188. The first-order valence-corrected chi connectivity index (χ1v) is 11.9. The Bertz CT molecular complexity index is 542. The average molecular weight is 520 g/mol. The molecule has 2 saturated carbocycles. The molecule has 1 N–H and O–H groups in total. The van der Waals surface area contributed by atoms with Gasteiger partial charge in [-0.2, -0.15) is 0 Å². The number of nitrogens with one attached hydrogen (secondary N) is 1. The molecule has 0 aromatic heterocycles. The maximum absolute atomic E-state index is 6.27. The molecule has 0 amide bonds. The number of hydrogen-bond donors (Lipinski definition) is 1. The lowest BCUT2D eigenvalue weighted by Crippen LogP contribution is -2.71. The molecule has 0 spiro atoms. The van der Waals surface area contributed by atoms with Gasteiger partial charge in [0.1, 0.15) is 0 Å². The first-order chi connectivity index (χ1) is 13.6. The number of halogens is 1. The molecular weight excluding hydrogens is 477 g/mol. The van der Waals surface area contributed by atoms with Crippen molar-refractivity contribution in [1.82, 2.24) is 10.2 Å². The third kappa shape index (κ3) is 5.22. The van der Waals surface area contributed by atoms with Crippen LogP contribution in [0.4, 0.5) is 0 Å². The van der Waals surface area contributed by atoms with Crippen LogP contribution in [-0.2, 0) is 9.47 Å². The van der Waals surface area contributed by atoms with E-state index in [2.05, 4.69) is 31.0 Å².